The number of primary amides is 1. The van der Waals surface area contributed by atoms with Gasteiger partial charge in [-0.3, -0.25) is 9.69 Å². The topological polar surface area (TPSA) is 96.4 Å². The molecule has 0 fully saturated rings. The van der Waals surface area contributed by atoms with E-state index in [1.54, 1.807) is 6.07 Å². The Kier molecular flexibility index (Phi) is 5.26. The molecule has 0 spiro atoms. The quantitative estimate of drug-likeness (QED) is 0.622. The molecule has 78 valence electrons. The lowest BCUT2D eigenvalue weighted by Crippen LogP contribution is -2.46. The minimum atomic E-state index is -0.745. The molecule has 0 saturated carbocycles. The third-order valence-electron chi connectivity index (χ3n) is 1.74. The van der Waals surface area contributed by atoms with Crippen LogP contribution in [0.4, 0.5) is 4.79 Å². The molecule has 0 aliphatic heterocycles. The summed E-state index contributed by atoms with van der Waals surface area (Å²) in [6, 6.07) is 0.241. The van der Waals surface area contributed by atoms with Crippen molar-refractivity contribution in [2.75, 3.05) is 13.8 Å². The van der Waals surface area contributed by atoms with Gasteiger partial charge in [0, 0.05) is 7.11 Å². The molecule has 0 saturated heterocycles. The summed E-state index contributed by atoms with van der Waals surface area (Å²) < 4.78 is 4.70. The Hall–Kier alpha value is -1.61. The van der Waals surface area contributed by atoms with Crippen LogP contribution in [0.25, 0.3) is 0 Å². The van der Waals surface area contributed by atoms with E-state index in [-0.39, 0.29) is 18.9 Å². The summed E-state index contributed by atoms with van der Waals surface area (Å²) in [5, 5.41) is 8.30. The molecule has 0 aromatic carbocycles. The Morgan fingerprint density at radius 3 is 2.57 bits per heavy atom. The van der Waals surface area contributed by atoms with Crippen molar-refractivity contribution in [3.63, 3.8) is 0 Å². The average molecular weight is 199 g/mol. The molecule has 0 heterocycles. The van der Waals surface area contributed by atoms with Crippen molar-refractivity contribution in [1.82, 2.24) is 4.90 Å². The smallest absolute Gasteiger partial charge is 0.317 e. The number of hydrogen-bond donors (Lipinski definition) is 1. The van der Waals surface area contributed by atoms with Crippen LogP contribution < -0.4 is 5.73 Å². The molecular formula is C8H13N3O3. The molecule has 0 aromatic rings. The van der Waals surface area contributed by atoms with Gasteiger partial charge in [-0.05, 0) is 6.92 Å². The lowest BCUT2D eigenvalue weighted by Gasteiger charge is -2.24. The number of nitriles is 1. The lowest BCUT2D eigenvalue weighted by atomic mass is 10.1. The fourth-order valence-electron chi connectivity index (χ4n) is 0.905. The van der Waals surface area contributed by atoms with Gasteiger partial charge in [-0.25, -0.2) is 4.79 Å². The zero-order chi connectivity index (χ0) is 11.1. The fourth-order valence-corrected chi connectivity index (χ4v) is 0.905. The summed E-state index contributed by atoms with van der Waals surface area (Å²) in [5.41, 5.74) is 5.03. The number of ketones is 1. The monoisotopic (exact) mass is 199 g/mol. The van der Waals surface area contributed by atoms with Crippen molar-refractivity contribution < 1.29 is 14.3 Å². The van der Waals surface area contributed by atoms with Crippen molar-refractivity contribution in [3.8, 4) is 6.07 Å². The number of amides is 2. The van der Waals surface area contributed by atoms with Crippen molar-refractivity contribution in [3.05, 3.63) is 0 Å². The highest BCUT2D eigenvalue weighted by molar-refractivity contribution is 5.89. The van der Waals surface area contributed by atoms with Crippen LogP contribution in [0.2, 0.25) is 0 Å². The average Bonchev–Trinajstić information content (AvgIpc) is 2.13. The molecule has 6 nitrogen and oxygen atoms in total. The summed E-state index contributed by atoms with van der Waals surface area (Å²) in [4.78, 5) is 23.2. The molecule has 0 aromatic heterocycles. The van der Waals surface area contributed by atoms with Crippen LogP contribution in [-0.4, -0.2) is 36.6 Å². The van der Waals surface area contributed by atoms with E-state index in [2.05, 4.69) is 0 Å². The van der Waals surface area contributed by atoms with E-state index in [1.165, 1.54) is 14.0 Å². The molecule has 6 heteroatoms. The molecule has 0 aliphatic rings. The van der Waals surface area contributed by atoms with Gasteiger partial charge in [0.15, 0.2) is 5.78 Å². The SMILES string of the molecule is COCN(C(N)=O)C(C)C(=O)CC#N. The zero-order valence-corrected chi connectivity index (χ0v) is 8.19. The summed E-state index contributed by atoms with van der Waals surface area (Å²) >= 11 is 0. The molecule has 0 radical (unpaired) electrons. The Bertz CT molecular complexity index is 259. The molecule has 1 unspecified atom stereocenters. The zero-order valence-electron chi connectivity index (χ0n) is 8.19. The van der Waals surface area contributed by atoms with Crippen LogP contribution >= 0.6 is 0 Å². The van der Waals surface area contributed by atoms with Crippen LogP contribution in [0.15, 0.2) is 0 Å². The van der Waals surface area contributed by atoms with E-state index in [1.807, 2.05) is 0 Å². The Morgan fingerprint density at radius 2 is 2.21 bits per heavy atom. The molecule has 0 aliphatic carbocycles. The normalized spacial score (nSPS) is 11.5. The molecule has 1 atom stereocenters. The van der Waals surface area contributed by atoms with Gasteiger partial charge in [0.25, 0.3) is 0 Å². The highest BCUT2D eigenvalue weighted by Crippen LogP contribution is 2.02. The number of carbonyl (C=O) groups excluding carboxylic acids is 2. The van der Waals surface area contributed by atoms with Crippen LogP contribution in [0.1, 0.15) is 13.3 Å². The van der Waals surface area contributed by atoms with Crippen LogP contribution in [-0.2, 0) is 9.53 Å². The van der Waals surface area contributed by atoms with E-state index in [0.29, 0.717) is 0 Å². The third kappa shape index (κ3) is 3.41. The second-order valence-electron chi connectivity index (χ2n) is 2.70. The van der Waals surface area contributed by atoms with Crippen LogP contribution in [0.3, 0.4) is 0 Å². The molecule has 14 heavy (non-hydrogen) atoms. The number of ether oxygens (including phenoxy) is 1. The van der Waals surface area contributed by atoms with Gasteiger partial charge in [-0.2, -0.15) is 5.26 Å². The highest BCUT2D eigenvalue weighted by Gasteiger charge is 2.23. The van der Waals surface area contributed by atoms with Crippen LogP contribution in [0, 0.1) is 11.3 Å². The van der Waals surface area contributed by atoms with Gasteiger partial charge in [0.05, 0.1) is 18.5 Å². The van der Waals surface area contributed by atoms with Crippen molar-refractivity contribution in [1.29, 1.82) is 5.26 Å². The number of nitrogens with two attached hydrogens (primary N) is 1. The Labute approximate surface area is 82.2 Å². The van der Waals surface area contributed by atoms with Crippen molar-refractivity contribution in [2.45, 2.75) is 19.4 Å². The largest absolute Gasteiger partial charge is 0.364 e. The number of nitrogens with zero attached hydrogens (tertiary/aromatic N) is 2. The van der Waals surface area contributed by atoms with E-state index >= 15 is 0 Å². The number of hydrogen-bond acceptors (Lipinski definition) is 4. The molecule has 2 amide bonds. The van der Waals surface area contributed by atoms with Gasteiger partial charge in [0.2, 0.25) is 0 Å². The minimum absolute atomic E-state index is 0.0618. The van der Waals surface area contributed by atoms with Gasteiger partial charge in [-0.15, -0.1) is 0 Å². The number of methoxy groups -OCH3 is 1. The highest BCUT2D eigenvalue weighted by atomic mass is 16.5. The summed E-state index contributed by atoms with van der Waals surface area (Å²) in [5.74, 6) is -0.358. The van der Waals surface area contributed by atoms with E-state index in [0.717, 1.165) is 4.90 Å². The van der Waals surface area contributed by atoms with E-state index < -0.39 is 12.1 Å². The summed E-state index contributed by atoms with van der Waals surface area (Å²) in [7, 11) is 1.39. The van der Waals surface area contributed by atoms with Crippen molar-refractivity contribution in [2.24, 2.45) is 5.73 Å². The second kappa shape index (κ2) is 5.94. The van der Waals surface area contributed by atoms with E-state index in [4.69, 9.17) is 15.7 Å². The maximum atomic E-state index is 11.2. The lowest BCUT2D eigenvalue weighted by molar-refractivity contribution is -0.123. The standard InChI is InChI=1S/C8H13N3O3/c1-6(7(12)3-4-9)11(5-14-2)8(10)13/h6H,3,5H2,1-2H3,(H2,10,13). The Morgan fingerprint density at radius 1 is 1.64 bits per heavy atom. The maximum absolute atomic E-state index is 11.2. The van der Waals surface area contributed by atoms with Crippen LogP contribution in [0.5, 0.6) is 0 Å². The third-order valence-corrected chi connectivity index (χ3v) is 1.74. The predicted molar refractivity (Wildman–Crippen MR) is 48.0 cm³/mol. The number of rotatable bonds is 5. The first kappa shape index (κ1) is 12.4. The summed E-state index contributed by atoms with van der Waals surface area (Å²) in [6.45, 7) is 1.44. The Balaban J connectivity index is 4.43. The number of carbonyl (C=O) groups is 2. The predicted octanol–water partition coefficient (Wildman–Crippen LogP) is -0.158. The van der Waals surface area contributed by atoms with Gasteiger partial charge >= 0.3 is 6.03 Å². The molecule has 0 bridgehead atoms. The molecule has 0 rings (SSSR count). The van der Waals surface area contributed by atoms with Gasteiger partial charge < -0.3 is 10.5 Å². The maximum Gasteiger partial charge on any atom is 0.317 e. The van der Waals surface area contributed by atoms with Gasteiger partial charge in [0.1, 0.15) is 6.73 Å². The van der Waals surface area contributed by atoms with Gasteiger partial charge in [-0.1, -0.05) is 0 Å². The number of Topliss-reactive ketones (excluding diaryl/α,β-unsaturated/α-hetero) is 1. The molecule has 2 N–H and O–H groups in total. The minimum Gasteiger partial charge on any atom is -0.364 e. The van der Waals surface area contributed by atoms with E-state index in [9.17, 15) is 9.59 Å². The van der Waals surface area contributed by atoms with Crippen molar-refractivity contribution >= 4 is 11.8 Å². The first-order valence-corrected chi connectivity index (χ1v) is 3.99. The first-order valence-electron chi connectivity index (χ1n) is 3.99. The summed E-state index contributed by atoms with van der Waals surface area (Å²) in [6.07, 6.45) is -0.241. The molecular weight excluding hydrogens is 186 g/mol. The second-order valence-corrected chi connectivity index (χ2v) is 2.70. The first-order chi connectivity index (χ1) is 6.54. The fraction of sp³-hybridized carbons (Fsp3) is 0.625. The number of urea groups is 1.